The normalized spacial score (nSPS) is 10.2. The van der Waals surface area contributed by atoms with Crippen molar-refractivity contribution in [1.82, 2.24) is 5.43 Å². The zero-order valence-electron chi connectivity index (χ0n) is 6.79. The van der Waals surface area contributed by atoms with Gasteiger partial charge in [0.2, 0.25) is 0 Å². The first-order valence-corrected chi connectivity index (χ1v) is 5.59. The first-order valence-electron chi connectivity index (χ1n) is 3.49. The fourth-order valence-corrected chi connectivity index (χ4v) is 2.82. The maximum atomic E-state index is 11.0. The summed E-state index contributed by atoms with van der Waals surface area (Å²) in [5.74, 6) is 6.78. The van der Waals surface area contributed by atoms with Gasteiger partial charge in [0.25, 0.3) is 5.91 Å². The molecular weight excluding hydrogens is 180 g/mol. The Morgan fingerprint density at radius 2 is 1.91 bits per heavy atom. The summed E-state index contributed by atoms with van der Waals surface area (Å²) in [4.78, 5) is 11.0. The van der Waals surface area contributed by atoms with E-state index in [0.29, 0.717) is 0 Å². The Morgan fingerprint density at radius 3 is 2.18 bits per heavy atom. The van der Waals surface area contributed by atoms with Crippen LogP contribution in [0.5, 0.6) is 0 Å². The van der Waals surface area contributed by atoms with E-state index < -0.39 is 0 Å². The standard InChI is InChI=1S/C6H14N2OS2/c1-3-10-6(11-4-2)5(9)8-7/h6H,3-4,7H2,1-2H3,(H,8,9). The molecular formula is C6H14N2OS2. The van der Waals surface area contributed by atoms with Crippen LogP contribution in [0.1, 0.15) is 13.8 Å². The molecule has 0 unspecified atom stereocenters. The van der Waals surface area contributed by atoms with Gasteiger partial charge in [0, 0.05) is 0 Å². The molecule has 0 bridgehead atoms. The van der Waals surface area contributed by atoms with Crippen LogP contribution in [0.15, 0.2) is 0 Å². The summed E-state index contributed by atoms with van der Waals surface area (Å²) < 4.78 is -0.0463. The number of nitrogens with two attached hydrogens (primary N) is 1. The van der Waals surface area contributed by atoms with Gasteiger partial charge in [0.15, 0.2) is 0 Å². The van der Waals surface area contributed by atoms with Crippen molar-refractivity contribution >= 4 is 29.4 Å². The van der Waals surface area contributed by atoms with Gasteiger partial charge < -0.3 is 0 Å². The molecule has 11 heavy (non-hydrogen) atoms. The van der Waals surface area contributed by atoms with Crippen molar-refractivity contribution in [3.05, 3.63) is 0 Å². The number of hydrogen-bond donors (Lipinski definition) is 2. The third-order valence-electron chi connectivity index (χ3n) is 0.992. The maximum Gasteiger partial charge on any atom is 0.257 e. The van der Waals surface area contributed by atoms with Crippen LogP contribution in [-0.2, 0) is 4.79 Å². The highest BCUT2D eigenvalue weighted by Crippen LogP contribution is 2.22. The Bertz CT molecular complexity index is 115. The van der Waals surface area contributed by atoms with Crippen LogP contribution >= 0.6 is 23.5 Å². The minimum Gasteiger partial charge on any atom is -0.293 e. The highest BCUT2D eigenvalue weighted by atomic mass is 32.2. The lowest BCUT2D eigenvalue weighted by Crippen LogP contribution is -2.36. The van der Waals surface area contributed by atoms with E-state index in [1.807, 2.05) is 13.8 Å². The van der Waals surface area contributed by atoms with Gasteiger partial charge in [-0.2, -0.15) is 0 Å². The van der Waals surface area contributed by atoms with Gasteiger partial charge in [0.1, 0.15) is 4.58 Å². The molecule has 0 spiro atoms. The van der Waals surface area contributed by atoms with Gasteiger partial charge >= 0.3 is 0 Å². The van der Waals surface area contributed by atoms with Crippen molar-refractivity contribution < 1.29 is 4.79 Å². The van der Waals surface area contributed by atoms with E-state index >= 15 is 0 Å². The highest BCUT2D eigenvalue weighted by molar-refractivity contribution is 8.18. The second-order valence-electron chi connectivity index (χ2n) is 1.75. The largest absolute Gasteiger partial charge is 0.293 e. The second-order valence-corrected chi connectivity index (χ2v) is 4.81. The summed E-state index contributed by atoms with van der Waals surface area (Å²) in [5.41, 5.74) is 2.15. The predicted octanol–water partition coefficient (Wildman–Crippen LogP) is 0.809. The molecule has 0 saturated carbocycles. The Morgan fingerprint density at radius 1 is 1.45 bits per heavy atom. The average Bonchev–Trinajstić information content (AvgIpc) is 2.03. The minimum absolute atomic E-state index is 0.0463. The Kier molecular flexibility index (Phi) is 6.90. The van der Waals surface area contributed by atoms with Crippen LogP contribution in [0, 0.1) is 0 Å². The number of rotatable bonds is 5. The zero-order valence-corrected chi connectivity index (χ0v) is 8.43. The molecule has 0 aromatic rings. The van der Waals surface area contributed by atoms with E-state index in [9.17, 15) is 4.79 Å². The summed E-state index contributed by atoms with van der Waals surface area (Å²) in [5, 5.41) is 0. The SMILES string of the molecule is CCSC(SCC)C(=O)NN. The first kappa shape index (κ1) is 11.1. The van der Waals surface area contributed by atoms with Crippen LogP contribution in [0.2, 0.25) is 0 Å². The molecule has 0 aromatic carbocycles. The molecule has 0 heterocycles. The molecule has 0 aromatic heterocycles. The summed E-state index contributed by atoms with van der Waals surface area (Å²) >= 11 is 3.21. The summed E-state index contributed by atoms with van der Waals surface area (Å²) in [6, 6.07) is 0. The van der Waals surface area contributed by atoms with Gasteiger partial charge in [0.05, 0.1) is 0 Å². The van der Waals surface area contributed by atoms with Crippen LogP contribution in [0.25, 0.3) is 0 Å². The van der Waals surface area contributed by atoms with Crippen molar-refractivity contribution in [3.8, 4) is 0 Å². The minimum atomic E-state index is -0.0938. The van der Waals surface area contributed by atoms with Crippen LogP contribution in [-0.4, -0.2) is 22.0 Å². The number of thioether (sulfide) groups is 2. The zero-order chi connectivity index (χ0) is 8.69. The van der Waals surface area contributed by atoms with Crippen molar-refractivity contribution in [3.63, 3.8) is 0 Å². The quantitative estimate of drug-likeness (QED) is 0.294. The number of hydrogen-bond acceptors (Lipinski definition) is 4. The Hall–Kier alpha value is 0.130. The monoisotopic (exact) mass is 194 g/mol. The van der Waals surface area contributed by atoms with Gasteiger partial charge in [-0.1, -0.05) is 13.8 Å². The van der Waals surface area contributed by atoms with E-state index in [2.05, 4.69) is 5.43 Å². The fraction of sp³-hybridized carbons (Fsp3) is 0.833. The van der Waals surface area contributed by atoms with Crippen molar-refractivity contribution in [1.29, 1.82) is 0 Å². The average molecular weight is 194 g/mol. The molecule has 1 amide bonds. The molecule has 0 rings (SSSR count). The van der Waals surface area contributed by atoms with Crippen LogP contribution < -0.4 is 11.3 Å². The van der Waals surface area contributed by atoms with Crippen molar-refractivity contribution in [2.45, 2.75) is 18.4 Å². The maximum absolute atomic E-state index is 11.0. The van der Waals surface area contributed by atoms with Gasteiger partial charge in [-0.05, 0) is 11.5 Å². The van der Waals surface area contributed by atoms with E-state index in [0.717, 1.165) is 11.5 Å². The Balaban J connectivity index is 3.76. The molecule has 3 nitrogen and oxygen atoms in total. The first-order chi connectivity index (χ1) is 5.26. The molecule has 3 N–H and O–H groups in total. The number of carbonyl (C=O) groups excluding carboxylic acids is 1. The van der Waals surface area contributed by atoms with E-state index in [4.69, 9.17) is 5.84 Å². The van der Waals surface area contributed by atoms with E-state index in [1.165, 1.54) is 0 Å². The topological polar surface area (TPSA) is 55.1 Å². The molecule has 0 atom stereocenters. The Labute approximate surface area is 75.8 Å². The van der Waals surface area contributed by atoms with Gasteiger partial charge in [-0.15, -0.1) is 23.5 Å². The van der Waals surface area contributed by atoms with Crippen LogP contribution in [0.3, 0.4) is 0 Å². The third kappa shape index (κ3) is 4.55. The summed E-state index contributed by atoms with van der Waals surface area (Å²) in [7, 11) is 0. The molecule has 0 aliphatic heterocycles. The van der Waals surface area contributed by atoms with E-state index in [1.54, 1.807) is 23.5 Å². The highest BCUT2D eigenvalue weighted by Gasteiger charge is 2.15. The second kappa shape index (κ2) is 6.82. The summed E-state index contributed by atoms with van der Waals surface area (Å²) in [6.45, 7) is 4.05. The fourth-order valence-electron chi connectivity index (χ4n) is 0.570. The molecule has 5 heteroatoms. The lowest BCUT2D eigenvalue weighted by Gasteiger charge is -2.11. The lowest BCUT2D eigenvalue weighted by molar-refractivity contribution is -0.119. The smallest absolute Gasteiger partial charge is 0.257 e. The van der Waals surface area contributed by atoms with E-state index in [-0.39, 0.29) is 10.5 Å². The van der Waals surface area contributed by atoms with Gasteiger partial charge in [-0.25, -0.2) is 5.84 Å². The molecule has 0 radical (unpaired) electrons. The molecule has 0 aliphatic carbocycles. The van der Waals surface area contributed by atoms with Crippen molar-refractivity contribution in [2.75, 3.05) is 11.5 Å². The number of nitrogens with one attached hydrogen (secondary N) is 1. The number of amides is 1. The van der Waals surface area contributed by atoms with Crippen molar-refractivity contribution in [2.24, 2.45) is 5.84 Å². The third-order valence-corrected chi connectivity index (χ3v) is 3.51. The number of hydrazine groups is 1. The molecule has 66 valence electrons. The molecule has 0 fully saturated rings. The van der Waals surface area contributed by atoms with Gasteiger partial charge in [-0.3, -0.25) is 10.2 Å². The predicted molar refractivity (Wildman–Crippen MR) is 52.4 cm³/mol. The van der Waals surface area contributed by atoms with Crippen LogP contribution in [0.4, 0.5) is 0 Å². The lowest BCUT2D eigenvalue weighted by atomic mass is 10.7. The molecule has 0 aliphatic rings. The number of carbonyl (C=O) groups is 1. The molecule has 0 saturated heterocycles. The summed E-state index contributed by atoms with van der Waals surface area (Å²) in [6.07, 6.45) is 0.